The van der Waals surface area contributed by atoms with Gasteiger partial charge in [0.2, 0.25) is 16.0 Å². The van der Waals surface area contributed by atoms with E-state index in [-0.39, 0.29) is 17.5 Å². The van der Waals surface area contributed by atoms with Crippen molar-refractivity contribution >= 4 is 38.5 Å². The number of anilines is 3. The van der Waals surface area contributed by atoms with Gasteiger partial charge in [-0.2, -0.15) is 23.1 Å². The molecule has 5 N–H and O–H groups in total. The molecule has 0 aliphatic heterocycles. The van der Waals surface area contributed by atoms with Gasteiger partial charge < -0.3 is 15.6 Å². The third kappa shape index (κ3) is 5.31. The molecule has 0 unspecified atom stereocenters. The summed E-state index contributed by atoms with van der Waals surface area (Å²) in [5, 5.41) is 10.5. The van der Waals surface area contributed by atoms with Crippen LogP contribution in [0.3, 0.4) is 0 Å². The van der Waals surface area contributed by atoms with E-state index in [1.165, 1.54) is 12.3 Å². The molecule has 2 aromatic heterocycles. The average Bonchev–Trinajstić information content (AvgIpc) is 2.99. The Bertz CT molecular complexity index is 1060. The average molecular weight is 400 g/mol. The van der Waals surface area contributed by atoms with Crippen molar-refractivity contribution in [3.8, 4) is 0 Å². The van der Waals surface area contributed by atoms with Crippen LogP contribution in [-0.2, 0) is 15.8 Å². The lowest BCUT2D eigenvalue weighted by Crippen LogP contribution is -2.22. The van der Waals surface area contributed by atoms with E-state index in [1.807, 2.05) is 0 Å². The van der Waals surface area contributed by atoms with Gasteiger partial charge in [0.05, 0.1) is 11.1 Å². The second-order valence-corrected chi connectivity index (χ2v) is 7.35. The molecule has 0 fully saturated rings. The normalized spacial score (nSPS) is 12.3. The summed E-state index contributed by atoms with van der Waals surface area (Å²) >= 11 is 0. The zero-order chi connectivity index (χ0) is 19.7. The number of aromatic nitrogens is 3. The van der Waals surface area contributed by atoms with Gasteiger partial charge >= 0.3 is 6.18 Å². The Morgan fingerprint density at radius 1 is 1.19 bits per heavy atom. The van der Waals surface area contributed by atoms with Crippen LogP contribution < -0.4 is 15.8 Å². The molecule has 3 rings (SSSR count). The molecule has 3 aromatic rings. The topological polar surface area (TPSA) is 126 Å². The molecule has 0 amide bonds. The molecular weight excluding hydrogens is 385 g/mol. The number of hydrogen-bond donors (Lipinski definition) is 4. The molecule has 8 nitrogen and oxygen atoms in total. The molecule has 27 heavy (non-hydrogen) atoms. The first-order valence-electron chi connectivity index (χ1n) is 7.61. The Kier molecular flexibility index (Phi) is 4.93. The Morgan fingerprint density at radius 2 is 1.96 bits per heavy atom. The molecular formula is C15H15F3N6O2S. The highest BCUT2D eigenvalue weighted by Crippen LogP contribution is 2.25. The van der Waals surface area contributed by atoms with E-state index in [4.69, 9.17) is 5.14 Å². The van der Waals surface area contributed by atoms with Gasteiger partial charge in [0.15, 0.2) is 0 Å². The van der Waals surface area contributed by atoms with E-state index < -0.39 is 22.7 Å². The molecule has 0 radical (unpaired) electrons. The fourth-order valence-corrected chi connectivity index (χ4v) is 3.06. The number of fused-ring (bicyclic) bond motifs is 1. The Hall–Kier alpha value is -2.86. The summed E-state index contributed by atoms with van der Waals surface area (Å²) in [4.78, 5) is 11.1. The molecule has 1 aromatic carbocycles. The number of alkyl halides is 3. The zero-order valence-corrected chi connectivity index (χ0v) is 14.5. The summed E-state index contributed by atoms with van der Waals surface area (Å²) in [5.74, 6) is -0.290. The Balaban J connectivity index is 1.88. The van der Waals surface area contributed by atoms with Crippen molar-refractivity contribution in [3.05, 3.63) is 42.1 Å². The van der Waals surface area contributed by atoms with E-state index in [1.54, 1.807) is 24.3 Å². The lowest BCUT2D eigenvalue weighted by Gasteiger charge is -2.12. The lowest BCUT2D eigenvalue weighted by atomic mass is 10.2. The van der Waals surface area contributed by atoms with Crippen LogP contribution in [0.5, 0.6) is 0 Å². The zero-order valence-electron chi connectivity index (χ0n) is 13.7. The van der Waals surface area contributed by atoms with Gasteiger partial charge in [0, 0.05) is 11.9 Å². The first kappa shape index (κ1) is 18.9. The number of nitrogens with zero attached hydrogens (tertiary/aromatic N) is 2. The minimum atomic E-state index is -4.40. The number of aromatic amines is 1. The van der Waals surface area contributed by atoms with Crippen LogP contribution in [-0.4, -0.2) is 36.1 Å². The summed E-state index contributed by atoms with van der Waals surface area (Å²) in [7, 11) is -3.70. The van der Waals surface area contributed by atoms with Gasteiger partial charge in [0.25, 0.3) is 0 Å². The number of benzene rings is 1. The summed E-state index contributed by atoms with van der Waals surface area (Å²) < 4.78 is 59.9. The minimum Gasteiger partial charge on any atom is -0.360 e. The molecule has 0 saturated carbocycles. The quantitative estimate of drug-likeness (QED) is 0.504. The van der Waals surface area contributed by atoms with Crippen LogP contribution in [0.4, 0.5) is 30.6 Å². The van der Waals surface area contributed by atoms with E-state index in [0.717, 1.165) is 0 Å². The SMILES string of the molecule is NS(=O)(=O)Cc1cccc(Nc2nc(NCC(F)(F)F)c3cc[nH]c3n2)c1. The maximum absolute atomic E-state index is 12.5. The largest absolute Gasteiger partial charge is 0.405 e. The molecule has 144 valence electrons. The molecule has 0 bridgehead atoms. The smallest absolute Gasteiger partial charge is 0.360 e. The molecule has 2 heterocycles. The van der Waals surface area contributed by atoms with Crippen molar-refractivity contribution in [2.24, 2.45) is 5.14 Å². The predicted octanol–water partition coefficient (Wildman–Crippen LogP) is 2.46. The van der Waals surface area contributed by atoms with E-state index in [0.29, 0.717) is 22.3 Å². The molecule has 12 heteroatoms. The third-order valence-corrected chi connectivity index (χ3v) is 4.16. The molecule has 0 spiro atoms. The second kappa shape index (κ2) is 7.04. The van der Waals surface area contributed by atoms with Crippen LogP contribution in [0.1, 0.15) is 5.56 Å². The number of hydrogen-bond acceptors (Lipinski definition) is 6. The Labute approximate surface area is 152 Å². The first-order valence-corrected chi connectivity index (χ1v) is 9.33. The summed E-state index contributed by atoms with van der Waals surface area (Å²) in [6, 6.07) is 7.93. The number of nitrogens with one attached hydrogen (secondary N) is 3. The monoisotopic (exact) mass is 400 g/mol. The lowest BCUT2D eigenvalue weighted by molar-refractivity contribution is -0.115. The van der Waals surface area contributed by atoms with Crippen molar-refractivity contribution in [1.82, 2.24) is 15.0 Å². The fourth-order valence-electron chi connectivity index (χ4n) is 2.42. The predicted molar refractivity (Wildman–Crippen MR) is 95.0 cm³/mol. The van der Waals surface area contributed by atoms with E-state index in [2.05, 4.69) is 25.6 Å². The van der Waals surface area contributed by atoms with Gasteiger partial charge in [-0.15, -0.1) is 0 Å². The number of primary sulfonamides is 1. The fraction of sp³-hybridized carbons (Fsp3) is 0.200. The van der Waals surface area contributed by atoms with Crippen molar-refractivity contribution < 1.29 is 21.6 Å². The molecule has 0 saturated heterocycles. The van der Waals surface area contributed by atoms with Crippen LogP contribution in [0.15, 0.2) is 36.5 Å². The van der Waals surface area contributed by atoms with Gasteiger partial charge in [-0.3, -0.25) is 0 Å². The number of sulfonamides is 1. The maximum Gasteiger partial charge on any atom is 0.405 e. The Morgan fingerprint density at radius 3 is 2.67 bits per heavy atom. The number of rotatable bonds is 6. The second-order valence-electron chi connectivity index (χ2n) is 5.74. The standard InChI is InChI=1S/C15H15F3N6O2S/c16-15(17,18)8-21-13-11-4-5-20-12(11)23-14(24-13)22-10-3-1-2-9(6-10)7-27(19,25)26/h1-6H,7-8H2,(H2,19,25,26)(H3,20,21,22,23,24). The van der Waals surface area contributed by atoms with Crippen LogP contribution >= 0.6 is 0 Å². The number of halogens is 3. The minimum absolute atomic E-state index is 0.0155. The van der Waals surface area contributed by atoms with Crippen molar-refractivity contribution in [2.75, 3.05) is 17.2 Å². The van der Waals surface area contributed by atoms with Crippen LogP contribution in [0.25, 0.3) is 11.0 Å². The number of H-pyrrole nitrogens is 1. The highest BCUT2D eigenvalue weighted by Gasteiger charge is 2.27. The van der Waals surface area contributed by atoms with Gasteiger partial charge in [0.1, 0.15) is 18.0 Å². The van der Waals surface area contributed by atoms with Crippen molar-refractivity contribution in [2.45, 2.75) is 11.9 Å². The van der Waals surface area contributed by atoms with E-state index in [9.17, 15) is 21.6 Å². The van der Waals surface area contributed by atoms with Crippen molar-refractivity contribution in [3.63, 3.8) is 0 Å². The molecule has 0 aliphatic carbocycles. The summed E-state index contributed by atoms with van der Waals surface area (Å²) in [6.45, 7) is -1.24. The molecule has 0 aliphatic rings. The van der Waals surface area contributed by atoms with Crippen LogP contribution in [0, 0.1) is 0 Å². The highest BCUT2D eigenvalue weighted by molar-refractivity contribution is 7.88. The van der Waals surface area contributed by atoms with Gasteiger partial charge in [-0.05, 0) is 23.8 Å². The van der Waals surface area contributed by atoms with E-state index >= 15 is 0 Å². The van der Waals surface area contributed by atoms with Gasteiger partial charge in [-0.1, -0.05) is 12.1 Å². The molecule has 0 atom stereocenters. The first-order chi connectivity index (χ1) is 12.6. The van der Waals surface area contributed by atoms with Crippen molar-refractivity contribution in [1.29, 1.82) is 0 Å². The maximum atomic E-state index is 12.5. The highest BCUT2D eigenvalue weighted by atomic mass is 32.2. The van der Waals surface area contributed by atoms with Gasteiger partial charge in [-0.25, -0.2) is 13.6 Å². The summed E-state index contributed by atoms with van der Waals surface area (Å²) in [5.41, 5.74) is 1.25. The third-order valence-electron chi connectivity index (χ3n) is 3.42. The summed E-state index contributed by atoms with van der Waals surface area (Å²) in [6.07, 6.45) is -2.86. The number of nitrogens with two attached hydrogens (primary N) is 1. The van der Waals surface area contributed by atoms with Crippen LogP contribution in [0.2, 0.25) is 0 Å².